The van der Waals surface area contributed by atoms with Crippen molar-refractivity contribution in [2.45, 2.75) is 24.0 Å². The second kappa shape index (κ2) is 9.38. The number of hydrogen-bond donors (Lipinski definition) is 1. The van der Waals surface area contributed by atoms with Crippen molar-refractivity contribution < 1.29 is 26.8 Å². The van der Waals surface area contributed by atoms with E-state index in [-0.39, 0.29) is 4.90 Å². The summed E-state index contributed by atoms with van der Waals surface area (Å²) in [5.41, 5.74) is 1.27. The first-order valence-electron chi connectivity index (χ1n) is 9.86. The molecular weight excluding hydrogens is 451 g/mol. The third kappa shape index (κ3) is 4.99. The zero-order valence-electron chi connectivity index (χ0n) is 17.1. The van der Waals surface area contributed by atoms with E-state index in [0.717, 1.165) is 15.6 Å². The maximum atomic E-state index is 13.9. The number of aliphatic hydroxyl groups is 1. The third-order valence-electron chi connectivity index (χ3n) is 4.94. The summed E-state index contributed by atoms with van der Waals surface area (Å²) in [6, 6.07) is 19.2. The van der Waals surface area contributed by atoms with Crippen LogP contribution in [0.15, 0.2) is 83.1 Å². The molecule has 166 valence electrons. The number of rotatable bonds is 8. The minimum atomic E-state index is -4.08. The van der Waals surface area contributed by atoms with Crippen molar-refractivity contribution in [2.24, 2.45) is 0 Å². The number of aliphatic hydroxyl groups excluding tert-OH is 1. The summed E-state index contributed by atoms with van der Waals surface area (Å²) < 4.78 is 51.1. The van der Waals surface area contributed by atoms with Crippen LogP contribution in [0.4, 0.5) is 4.39 Å². The zero-order valence-corrected chi connectivity index (χ0v) is 18.8. The molecule has 0 saturated heterocycles. The van der Waals surface area contributed by atoms with E-state index in [4.69, 9.17) is 8.92 Å². The summed E-state index contributed by atoms with van der Waals surface area (Å²) in [7, 11) is -4.08. The van der Waals surface area contributed by atoms with Gasteiger partial charge in [-0.15, -0.1) is 11.3 Å². The highest BCUT2D eigenvalue weighted by Crippen LogP contribution is 2.34. The molecule has 0 bridgehead atoms. The number of hydrogen-bond acceptors (Lipinski definition) is 6. The first kappa shape index (κ1) is 22.4. The van der Waals surface area contributed by atoms with E-state index in [9.17, 15) is 17.9 Å². The predicted molar refractivity (Wildman–Crippen MR) is 122 cm³/mol. The van der Waals surface area contributed by atoms with Gasteiger partial charge in [0.05, 0.1) is 11.5 Å². The molecule has 1 unspecified atom stereocenters. The minimum absolute atomic E-state index is 0.0124. The van der Waals surface area contributed by atoms with Crippen molar-refractivity contribution >= 4 is 31.5 Å². The standard InChI is InChI=1S/C24H21FO5S2/c1-16-8-10-19(11-9-16)32(27,28)29-15-21(26)24(17-4-2-5-18(25)14-17)30-22-6-3-7-23-20(22)12-13-31-23/h2-14,21,24,26H,15H2,1H3/t21?,24-/m0/s1. The average Bonchev–Trinajstić information content (AvgIpc) is 3.26. The molecule has 4 rings (SSSR count). The van der Waals surface area contributed by atoms with Gasteiger partial charge in [0.2, 0.25) is 0 Å². The van der Waals surface area contributed by atoms with Gasteiger partial charge in [-0.1, -0.05) is 35.9 Å². The summed E-state index contributed by atoms with van der Waals surface area (Å²) in [6.07, 6.45) is -2.43. The van der Waals surface area contributed by atoms with Crippen molar-refractivity contribution in [1.82, 2.24) is 0 Å². The van der Waals surface area contributed by atoms with Crippen LogP contribution in [0, 0.1) is 12.7 Å². The molecule has 0 aliphatic heterocycles. The highest BCUT2D eigenvalue weighted by molar-refractivity contribution is 7.86. The summed E-state index contributed by atoms with van der Waals surface area (Å²) >= 11 is 1.54. The lowest BCUT2D eigenvalue weighted by atomic mass is 10.0. The Kier molecular flexibility index (Phi) is 6.57. The molecule has 4 aromatic rings. The third-order valence-corrected chi connectivity index (χ3v) is 7.12. The van der Waals surface area contributed by atoms with Crippen LogP contribution in [0.1, 0.15) is 17.2 Å². The van der Waals surface area contributed by atoms with Gasteiger partial charge in [0.15, 0.2) is 6.10 Å². The van der Waals surface area contributed by atoms with Gasteiger partial charge >= 0.3 is 0 Å². The molecule has 0 amide bonds. The van der Waals surface area contributed by atoms with Crippen molar-refractivity contribution in [3.05, 3.63) is 95.1 Å². The molecule has 0 spiro atoms. The first-order chi connectivity index (χ1) is 15.3. The molecule has 5 nitrogen and oxygen atoms in total. The van der Waals surface area contributed by atoms with Crippen molar-refractivity contribution in [1.29, 1.82) is 0 Å². The fraction of sp³-hybridized carbons (Fsp3) is 0.167. The van der Waals surface area contributed by atoms with Gasteiger partial charge in [0.1, 0.15) is 17.7 Å². The monoisotopic (exact) mass is 472 g/mol. The van der Waals surface area contributed by atoms with Crippen LogP contribution in [0.2, 0.25) is 0 Å². The highest BCUT2D eigenvalue weighted by atomic mass is 32.2. The SMILES string of the molecule is Cc1ccc(S(=O)(=O)OCC(O)[C@@H](Oc2cccc3sccc23)c2cccc(F)c2)cc1. The Bertz CT molecular complexity index is 1320. The van der Waals surface area contributed by atoms with E-state index < -0.39 is 34.8 Å². The largest absolute Gasteiger partial charge is 0.482 e. The molecule has 0 aliphatic rings. The van der Waals surface area contributed by atoms with Crippen LogP contribution in [-0.4, -0.2) is 26.2 Å². The van der Waals surface area contributed by atoms with Crippen LogP contribution in [0.5, 0.6) is 5.75 Å². The number of ether oxygens (including phenoxy) is 1. The van der Waals surface area contributed by atoms with Gasteiger partial charge in [0.25, 0.3) is 10.1 Å². The average molecular weight is 473 g/mol. The number of benzene rings is 3. The second-order valence-corrected chi connectivity index (χ2v) is 9.86. The van der Waals surface area contributed by atoms with E-state index in [1.54, 1.807) is 35.6 Å². The van der Waals surface area contributed by atoms with Gasteiger partial charge in [-0.2, -0.15) is 8.42 Å². The van der Waals surface area contributed by atoms with Gasteiger partial charge in [-0.25, -0.2) is 4.39 Å². The Morgan fingerprint density at radius 3 is 2.53 bits per heavy atom. The first-order valence-corrected chi connectivity index (χ1v) is 12.1. The van der Waals surface area contributed by atoms with Crippen LogP contribution >= 0.6 is 11.3 Å². The molecule has 0 fully saturated rings. The number of aryl methyl sites for hydroxylation is 1. The zero-order chi connectivity index (χ0) is 22.7. The Morgan fingerprint density at radius 2 is 1.78 bits per heavy atom. The number of thiophene rings is 1. The van der Waals surface area contributed by atoms with Crippen LogP contribution in [-0.2, 0) is 14.3 Å². The maximum Gasteiger partial charge on any atom is 0.297 e. The molecule has 2 atom stereocenters. The summed E-state index contributed by atoms with van der Waals surface area (Å²) in [4.78, 5) is -0.0124. The molecule has 8 heteroatoms. The highest BCUT2D eigenvalue weighted by Gasteiger charge is 2.27. The van der Waals surface area contributed by atoms with Gasteiger partial charge in [-0.3, -0.25) is 4.18 Å². The Hall–Kier alpha value is -2.78. The lowest BCUT2D eigenvalue weighted by Gasteiger charge is -2.25. The summed E-state index contributed by atoms with van der Waals surface area (Å²) in [5, 5.41) is 13.6. The number of fused-ring (bicyclic) bond motifs is 1. The lowest BCUT2D eigenvalue weighted by molar-refractivity contribution is 0.00696. The van der Waals surface area contributed by atoms with Gasteiger partial charge in [-0.05, 0) is 60.3 Å². The Labute approximate surface area is 189 Å². The van der Waals surface area contributed by atoms with Crippen LogP contribution in [0.25, 0.3) is 10.1 Å². The van der Waals surface area contributed by atoms with E-state index in [0.29, 0.717) is 11.3 Å². The van der Waals surface area contributed by atoms with Crippen LogP contribution in [0.3, 0.4) is 0 Å². The van der Waals surface area contributed by atoms with E-state index >= 15 is 0 Å². The number of halogens is 1. The Balaban J connectivity index is 1.59. The molecule has 1 aromatic heterocycles. The fourth-order valence-electron chi connectivity index (χ4n) is 3.28. The van der Waals surface area contributed by atoms with Crippen LogP contribution < -0.4 is 4.74 Å². The van der Waals surface area contributed by atoms with Crippen molar-refractivity contribution in [2.75, 3.05) is 6.61 Å². The summed E-state index contributed by atoms with van der Waals surface area (Å²) in [6.45, 7) is 1.28. The topological polar surface area (TPSA) is 72.8 Å². The van der Waals surface area contributed by atoms with Gasteiger partial charge in [0, 0.05) is 10.1 Å². The minimum Gasteiger partial charge on any atom is -0.482 e. The summed E-state index contributed by atoms with van der Waals surface area (Å²) in [5.74, 6) is 0.00342. The molecular formula is C24H21FO5S2. The molecule has 0 aliphatic carbocycles. The van der Waals surface area contributed by atoms with Gasteiger partial charge < -0.3 is 9.84 Å². The fourth-order valence-corrected chi connectivity index (χ4v) is 5.01. The molecule has 1 heterocycles. The lowest BCUT2D eigenvalue weighted by Crippen LogP contribution is -2.29. The van der Waals surface area contributed by atoms with Crippen molar-refractivity contribution in [3.8, 4) is 5.75 Å². The molecule has 0 radical (unpaired) electrons. The predicted octanol–water partition coefficient (Wildman–Crippen LogP) is 5.24. The smallest absolute Gasteiger partial charge is 0.297 e. The normalized spacial score (nSPS) is 13.7. The van der Waals surface area contributed by atoms with Crippen molar-refractivity contribution in [3.63, 3.8) is 0 Å². The van der Waals surface area contributed by atoms with E-state index in [1.165, 1.54) is 30.3 Å². The quantitative estimate of drug-likeness (QED) is 0.355. The van der Waals surface area contributed by atoms with E-state index in [1.807, 2.05) is 30.5 Å². The molecule has 0 saturated carbocycles. The molecule has 32 heavy (non-hydrogen) atoms. The maximum absolute atomic E-state index is 13.9. The van der Waals surface area contributed by atoms with E-state index in [2.05, 4.69) is 0 Å². The molecule has 1 N–H and O–H groups in total. The Morgan fingerprint density at radius 1 is 1.03 bits per heavy atom. The molecule has 3 aromatic carbocycles. The second-order valence-electron chi connectivity index (χ2n) is 7.30.